The van der Waals surface area contributed by atoms with E-state index >= 15 is 0 Å². The minimum atomic E-state index is -0.191. The third-order valence-corrected chi connectivity index (χ3v) is 3.15. The lowest BCUT2D eigenvalue weighted by Crippen LogP contribution is -2.27. The van der Waals surface area contributed by atoms with Crippen LogP contribution >= 0.6 is 15.9 Å². The number of carbonyl (C=O) groups is 1. The van der Waals surface area contributed by atoms with Crippen LogP contribution in [0.2, 0.25) is 0 Å². The highest BCUT2D eigenvalue weighted by Gasteiger charge is 2.25. The molecule has 3 rings (SSSR count). The van der Waals surface area contributed by atoms with E-state index in [1.54, 1.807) is 6.33 Å². The van der Waals surface area contributed by atoms with Crippen molar-refractivity contribution >= 4 is 38.6 Å². The Labute approximate surface area is 94.4 Å². The molecule has 0 saturated carbocycles. The van der Waals surface area contributed by atoms with E-state index in [2.05, 4.69) is 26.2 Å². The summed E-state index contributed by atoms with van der Waals surface area (Å²) in [5.74, 6) is -0.0000926. The maximum Gasteiger partial charge on any atom is 0.247 e. The Kier molecular flexibility index (Phi) is 1.68. The summed E-state index contributed by atoms with van der Waals surface area (Å²) in [4.78, 5) is 15.9. The van der Waals surface area contributed by atoms with E-state index in [-0.39, 0.29) is 11.9 Å². The van der Waals surface area contributed by atoms with Gasteiger partial charge in [0.2, 0.25) is 5.91 Å². The number of hydrogen-bond acceptors (Lipinski definition) is 2. The molecule has 1 amide bonds. The number of rotatable bonds is 0. The summed E-state index contributed by atoms with van der Waals surface area (Å²) in [6.07, 6.45) is 1.71. The van der Waals surface area contributed by atoms with E-state index in [0.717, 1.165) is 21.2 Å². The van der Waals surface area contributed by atoms with Crippen LogP contribution in [0.15, 0.2) is 22.9 Å². The van der Waals surface area contributed by atoms with E-state index in [9.17, 15) is 4.79 Å². The van der Waals surface area contributed by atoms with Crippen LogP contribution in [0.4, 0.5) is 5.69 Å². The van der Waals surface area contributed by atoms with Gasteiger partial charge < -0.3 is 9.88 Å². The van der Waals surface area contributed by atoms with Crippen molar-refractivity contribution in [3.05, 3.63) is 22.9 Å². The largest absolute Gasteiger partial charge is 0.322 e. The SMILES string of the molecule is C[C@@H]1C(=O)Nc2cc(Br)cc3ncn1c23. The molecule has 15 heavy (non-hydrogen) atoms. The fourth-order valence-corrected chi connectivity index (χ4v) is 2.33. The van der Waals surface area contributed by atoms with E-state index < -0.39 is 0 Å². The normalized spacial score (nSPS) is 19.3. The van der Waals surface area contributed by atoms with Crippen molar-refractivity contribution in [1.82, 2.24) is 9.55 Å². The van der Waals surface area contributed by atoms with Crippen molar-refractivity contribution in [1.29, 1.82) is 0 Å². The molecule has 0 fully saturated rings. The summed E-state index contributed by atoms with van der Waals surface area (Å²) >= 11 is 3.39. The smallest absolute Gasteiger partial charge is 0.247 e. The van der Waals surface area contributed by atoms with Crippen molar-refractivity contribution < 1.29 is 4.79 Å². The van der Waals surface area contributed by atoms with E-state index in [4.69, 9.17) is 0 Å². The number of nitrogens with one attached hydrogen (secondary N) is 1. The Morgan fingerprint density at radius 3 is 3.13 bits per heavy atom. The average molecular weight is 266 g/mol. The molecule has 0 radical (unpaired) electrons. The fourth-order valence-electron chi connectivity index (χ4n) is 1.89. The van der Waals surface area contributed by atoms with Crippen molar-refractivity contribution in [3.63, 3.8) is 0 Å². The predicted molar refractivity (Wildman–Crippen MR) is 60.8 cm³/mol. The third-order valence-electron chi connectivity index (χ3n) is 2.69. The lowest BCUT2D eigenvalue weighted by atomic mass is 10.2. The van der Waals surface area contributed by atoms with Gasteiger partial charge in [-0.3, -0.25) is 4.79 Å². The van der Waals surface area contributed by atoms with Gasteiger partial charge in [0.1, 0.15) is 6.04 Å². The van der Waals surface area contributed by atoms with Gasteiger partial charge in [-0.05, 0) is 19.1 Å². The summed E-state index contributed by atoms with van der Waals surface area (Å²) in [5, 5.41) is 2.87. The molecule has 1 aliphatic rings. The Hall–Kier alpha value is -1.36. The molecule has 76 valence electrons. The zero-order valence-electron chi connectivity index (χ0n) is 7.99. The van der Waals surface area contributed by atoms with Gasteiger partial charge >= 0.3 is 0 Å². The fraction of sp³-hybridized carbons (Fsp3) is 0.200. The number of amides is 1. The first-order valence-electron chi connectivity index (χ1n) is 4.64. The second-order valence-electron chi connectivity index (χ2n) is 3.64. The maximum atomic E-state index is 11.6. The summed E-state index contributed by atoms with van der Waals surface area (Å²) in [6, 6.07) is 3.65. The summed E-state index contributed by atoms with van der Waals surface area (Å²) in [6.45, 7) is 1.86. The summed E-state index contributed by atoms with van der Waals surface area (Å²) in [5.41, 5.74) is 2.71. The molecule has 0 spiro atoms. The summed E-state index contributed by atoms with van der Waals surface area (Å²) < 4.78 is 2.82. The van der Waals surface area contributed by atoms with Crippen molar-refractivity contribution in [3.8, 4) is 0 Å². The van der Waals surface area contributed by atoms with E-state index in [1.807, 2.05) is 23.6 Å². The number of anilines is 1. The van der Waals surface area contributed by atoms with Crippen LogP contribution in [0, 0.1) is 0 Å². The zero-order chi connectivity index (χ0) is 10.6. The molecule has 5 heteroatoms. The quantitative estimate of drug-likeness (QED) is 0.795. The van der Waals surface area contributed by atoms with Crippen LogP contribution in [0.3, 0.4) is 0 Å². The molecule has 1 aromatic heterocycles. The number of hydrogen-bond donors (Lipinski definition) is 1. The standard InChI is InChI=1S/C10H8BrN3O/c1-5-10(15)13-8-3-6(11)2-7-9(8)14(5)4-12-7/h2-5H,1H3,(H,13,15)/t5-/m1/s1. The van der Waals surface area contributed by atoms with Gasteiger partial charge in [-0.25, -0.2) is 4.98 Å². The van der Waals surface area contributed by atoms with Crippen LogP contribution in [0.25, 0.3) is 11.0 Å². The second kappa shape index (κ2) is 2.82. The van der Waals surface area contributed by atoms with Gasteiger partial charge in [0.25, 0.3) is 0 Å². The minimum absolute atomic E-state index is 0.0000926. The number of carbonyl (C=O) groups excluding carboxylic acids is 1. The number of halogens is 1. The highest BCUT2D eigenvalue weighted by Crippen LogP contribution is 2.33. The molecule has 0 aliphatic carbocycles. The van der Waals surface area contributed by atoms with Crippen LogP contribution in [0.5, 0.6) is 0 Å². The maximum absolute atomic E-state index is 11.6. The zero-order valence-corrected chi connectivity index (χ0v) is 9.58. The van der Waals surface area contributed by atoms with Crippen molar-refractivity contribution in [2.75, 3.05) is 5.32 Å². The molecular weight excluding hydrogens is 258 g/mol. The molecule has 1 N–H and O–H groups in total. The van der Waals surface area contributed by atoms with Gasteiger partial charge in [0.15, 0.2) is 0 Å². The number of benzene rings is 1. The van der Waals surface area contributed by atoms with E-state index in [0.29, 0.717) is 0 Å². The number of imidazole rings is 1. The second-order valence-corrected chi connectivity index (χ2v) is 4.55. The van der Waals surface area contributed by atoms with Crippen molar-refractivity contribution in [2.24, 2.45) is 0 Å². The molecule has 0 bridgehead atoms. The monoisotopic (exact) mass is 265 g/mol. The summed E-state index contributed by atoms with van der Waals surface area (Å²) in [7, 11) is 0. The Bertz CT molecular complexity index is 575. The molecule has 1 atom stereocenters. The molecule has 2 aromatic rings. The molecule has 0 saturated heterocycles. The van der Waals surface area contributed by atoms with Crippen LogP contribution in [0.1, 0.15) is 13.0 Å². The molecule has 0 unspecified atom stereocenters. The van der Waals surface area contributed by atoms with Gasteiger partial charge in [0, 0.05) is 4.47 Å². The molecule has 1 aromatic carbocycles. The van der Waals surface area contributed by atoms with Gasteiger partial charge in [-0.1, -0.05) is 15.9 Å². The van der Waals surface area contributed by atoms with Gasteiger partial charge in [-0.2, -0.15) is 0 Å². The molecule has 4 nitrogen and oxygen atoms in total. The third kappa shape index (κ3) is 1.13. The topological polar surface area (TPSA) is 46.9 Å². The van der Waals surface area contributed by atoms with Crippen LogP contribution in [-0.2, 0) is 4.79 Å². The lowest BCUT2D eigenvalue weighted by Gasteiger charge is -2.21. The van der Waals surface area contributed by atoms with Crippen LogP contribution < -0.4 is 5.32 Å². The molecule has 1 aliphatic heterocycles. The number of nitrogens with zero attached hydrogens (tertiary/aromatic N) is 2. The first kappa shape index (κ1) is 8.91. The van der Waals surface area contributed by atoms with Crippen molar-refractivity contribution in [2.45, 2.75) is 13.0 Å². The lowest BCUT2D eigenvalue weighted by molar-refractivity contribution is -0.118. The number of aromatic nitrogens is 2. The van der Waals surface area contributed by atoms with Crippen LogP contribution in [-0.4, -0.2) is 15.5 Å². The molecular formula is C10H8BrN3O. The minimum Gasteiger partial charge on any atom is -0.322 e. The predicted octanol–water partition coefficient (Wildman–Crippen LogP) is 2.31. The first-order chi connectivity index (χ1) is 7.16. The van der Waals surface area contributed by atoms with Gasteiger partial charge in [0.05, 0.1) is 23.0 Å². The average Bonchev–Trinajstić information content (AvgIpc) is 2.58. The van der Waals surface area contributed by atoms with Gasteiger partial charge in [-0.15, -0.1) is 0 Å². The molecule has 2 heterocycles. The Balaban J connectivity index is 2.43. The Morgan fingerprint density at radius 2 is 2.33 bits per heavy atom. The highest BCUT2D eigenvalue weighted by molar-refractivity contribution is 9.10. The first-order valence-corrected chi connectivity index (χ1v) is 5.43. The highest BCUT2D eigenvalue weighted by atomic mass is 79.9. The Morgan fingerprint density at radius 1 is 1.53 bits per heavy atom. The van der Waals surface area contributed by atoms with E-state index in [1.165, 1.54) is 0 Å².